The lowest BCUT2D eigenvalue weighted by molar-refractivity contribution is 0.247. The smallest absolute Gasteiger partial charge is 0.243 e. The number of hydrogen-bond acceptors (Lipinski definition) is 3. The lowest BCUT2D eigenvalue weighted by Gasteiger charge is -2.45. The molecule has 3 aromatic rings. The fourth-order valence-corrected chi connectivity index (χ4v) is 5.81. The molecule has 0 saturated carbocycles. The Morgan fingerprint density at radius 2 is 1.71 bits per heavy atom. The van der Waals surface area contributed by atoms with Crippen molar-refractivity contribution in [1.29, 1.82) is 0 Å². The van der Waals surface area contributed by atoms with Gasteiger partial charge in [-0.2, -0.15) is 4.31 Å². The van der Waals surface area contributed by atoms with Crippen LogP contribution in [0.15, 0.2) is 71.8 Å². The van der Waals surface area contributed by atoms with Crippen molar-refractivity contribution < 1.29 is 12.8 Å². The van der Waals surface area contributed by atoms with Gasteiger partial charge in [-0.25, -0.2) is 12.8 Å². The molecule has 2 aliphatic rings. The molecule has 5 nitrogen and oxygen atoms in total. The van der Waals surface area contributed by atoms with Crippen LogP contribution in [0.2, 0.25) is 0 Å². The highest BCUT2D eigenvalue weighted by molar-refractivity contribution is 7.89. The second-order valence-corrected chi connectivity index (χ2v) is 9.29. The van der Waals surface area contributed by atoms with Crippen molar-refractivity contribution in [1.82, 2.24) is 8.87 Å². The van der Waals surface area contributed by atoms with Gasteiger partial charge in [-0.1, -0.05) is 18.2 Å². The summed E-state index contributed by atoms with van der Waals surface area (Å²) >= 11 is 0. The zero-order valence-corrected chi connectivity index (χ0v) is 16.0. The molecular formula is C21H20FN3O2S. The molecule has 1 saturated heterocycles. The monoisotopic (exact) mass is 397 g/mol. The molecule has 7 heteroatoms. The van der Waals surface area contributed by atoms with Gasteiger partial charge in [-0.15, -0.1) is 0 Å². The molecule has 0 aliphatic carbocycles. The third-order valence-electron chi connectivity index (χ3n) is 5.79. The Labute approximate surface area is 163 Å². The van der Waals surface area contributed by atoms with Gasteiger partial charge >= 0.3 is 0 Å². The zero-order chi connectivity index (χ0) is 19.4. The van der Waals surface area contributed by atoms with Gasteiger partial charge in [-0.3, -0.25) is 0 Å². The molecule has 0 radical (unpaired) electrons. The third kappa shape index (κ3) is 2.57. The quantitative estimate of drug-likeness (QED) is 0.717. The summed E-state index contributed by atoms with van der Waals surface area (Å²) in [5.41, 5.74) is 2.32. The molecule has 1 aromatic heterocycles. The van der Waals surface area contributed by atoms with E-state index in [-0.39, 0.29) is 5.82 Å². The summed E-state index contributed by atoms with van der Waals surface area (Å²) in [6.07, 6.45) is 3.19. The second kappa shape index (κ2) is 6.18. The van der Waals surface area contributed by atoms with Gasteiger partial charge in [0, 0.05) is 25.0 Å². The van der Waals surface area contributed by atoms with Crippen molar-refractivity contribution >= 4 is 15.7 Å². The molecule has 5 rings (SSSR count). The molecule has 0 bridgehead atoms. The maximum Gasteiger partial charge on any atom is 0.243 e. The Balaban J connectivity index is 1.47. The van der Waals surface area contributed by atoms with E-state index in [1.54, 1.807) is 40.7 Å². The van der Waals surface area contributed by atoms with Crippen LogP contribution in [0, 0.1) is 5.82 Å². The number of piperidine rings is 1. The lowest BCUT2D eigenvalue weighted by atomic mass is 9.83. The molecule has 144 valence electrons. The Morgan fingerprint density at radius 1 is 0.964 bits per heavy atom. The van der Waals surface area contributed by atoms with Gasteiger partial charge in [-0.05, 0) is 55.3 Å². The predicted molar refractivity (Wildman–Crippen MR) is 105 cm³/mol. The van der Waals surface area contributed by atoms with Crippen molar-refractivity contribution in [2.45, 2.75) is 23.3 Å². The van der Waals surface area contributed by atoms with Crippen LogP contribution < -0.4 is 5.32 Å². The SMILES string of the molecule is O=S(=O)(c1ccccc1)N1CCC2(CC1)Nc1cc(F)ccc1-n1cccc12. The first-order valence-corrected chi connectivity index (χ1v) is 10.7. The largest absolute Gasteiger partial charge is 0.372 e. The number of fused-ring (bicyclic) bond motifs is 4. The van der Waals surface area contributed by atoms with Crippen LogP contribution >= 0.6 is 0 Å². The van der Waals surface area contributed by atoms with Crippen LogP contribution in [0.3, 0.4) is 0 Å². The summed E-state index contributed by atoms with van der Waals surface area (Å²) in [4.78, 5) is 0.318. The normalized spacial score (nSPS) is 18.3. The standard InChI is InChI=1S/C21H20FN3O2S/c22-16-8-9-19-18(15-16)23-21(20-7-4-12-25(19)20)10-13-24(14-11-21)28(26,27)17-5-2-1-3-6-17/h1-9,12,15,23H,10-11,13-14H2. The maximum absolute atomic E-state index is 13.8. The van der Waals surface area contributed by atoms with Crippen LogP contribution in [0.25, 0.3) is 5.69 Å². The van der Waals surface area contributed by atoms with Crippen LogP contribution in [-0.2, 0) is 15.6 Å². The summed E-state index contributed by atoms with van der Waals surface area (Å²) < 4.78 is 43.3. The van der Waals surface area contributed by atoms with Crippen molar-refractivity contribution in [3.8, 4) is 5.69 Å². The van der Waals surface area contributed by atoms with Gasteiger partial charge in [0.25, 0.3) is 0 Å². The Hall–Kier alpha value is -2.64. The first-order chi connectivity index (χ1) is 13.5. The summed E-state index contributed by atoms with van der Waals surface area (Å²) in [6.45, 7) is 0.806. The molecule has 28 heavy (non-hydrogen) atoms. The van der Waals surface area contributed by atoms with E-state index in [2.05, 4.69) is 16.0 Å². The first-order valence-electron chi connectivity index (χ1n) is 9.31. The number of benzene rings is 2. The number of sulfonamides is 1. The summed E-state index contributed by atoms with van der Waals surface area (Å²) in [5, 5.41) is 3.52. The minimum atomic E-state index is -3.51. The average molecular weight is 397 g/mol. The van der Waals surface area contributed by atoms with Gasteiger partial charge in [0.05, 0.1) is 21.8 Å². The topological polar surface area (TPSA) is 54.3 Å². The van der Waals surface area contributed by atoms with Crippen molar-refractivity contribution in [3.05, 3.63) is 78.4 Å². The minimum Gasteiger partial charge on any atom is -0.372 e. The second-order valence-electron chi connectivity index (χ2n) is 7.35. The number of halogens is 1. The highest BCUT2D eigenvalue weighted by Crippen LogP contribution is 2.44. The Morgan fingerprint density at radius 3 is 2.46 bits per heavy atom. The first kappa shape index (κ1) is 17.5. The number of nitrogens with zero attached hydrogens (tertiary/aromatic N) is 2. The molecular weight excluding hydrogens is 377 g/mol. The molecule has 2 aliphatic heterocycles. The Bertz CT molecular complexity index is 1130. The minimum absolute atomic E-state index is 0.291. The van der Waals surface area contributed by atoms with Gasteiger partial charge in [0.1, 0.15) is 5.82 Å². The van der Waals surface area contributed by atoms with Crippen LogP contribution in [0.5, 0.6) is 0 Å². The van der Waals surface area contributed by atoms with Crippen LogP contribution in [0.4, 0.5) is 10.1 Å². The van der Waals surface area contributed by atoms with E-state index in [4.69, 9.17) is 0 Å². The summed E-state index contributed by atoms with van der Waals surface area (Å²) in [5.74, 6) is -0.291. The third-order valence-corrected chi connectivity index (χ3v) is 7.70. The lowest BCUT2D eigenvalue weighted by Crippen LogP contribution is -2.51. The molecule has 0 unspecified atom stereocenters. The molecule has 1 fully saturated rings. The number of aromatic nitrogens is 1. The van der Waals surface area contributed by atoms with E-state index in [9.17, 15) is 12.8 Å². The Kier molecular flexibility index (Phi) is 3.86. The van der Waals surface area contributed by atoms with Crippen LogP contribution in [0.1, 0.15) is 18.5 Å². The van der Waals surface area contributed by atoms with E-state index in [1.165, 1.54) is 12.1 Å². The highest BCUT2D eigenvalue weighted by Gasteiger charge is 2.43. The van der Waals surface area contributed by atoms with E-state index in [0.29, 0.717) is 30.8 Å². The van der Waals surface area contributed by atoms with Crippen molar-refractivity contribution in [2.24, 2.45) is 0 Å². The van der Waals surface area contributed by atoms with E-state index in [1.807, 2.05) is 12.3 Å². The fourth-order valence-electron chi connectivity index (χ4n) is 4.35. The zero-order valence-electron chi connectivity index (χ0n) is 15.2. The van der Waals surface area contributed by atoms with E-state index in [0.717, 1.165) is 17.1 Å². The maximum atomic E-state index is 13.8. The van der Waals surface area contributed by atoms with E-state index < -0.39 is 15.6 Å². The molecule has 3 heterocycles. The van der Waals surface area contributed by atoms with Crippen LogP contribution in [-0.4, -0.2) is 30.4 Å². The predicted octanol–water partition coefficient (Wildman–Crippen LogP) is 3.72. The van der Waals surface area contributed by atoms with Gasteiger partial charge in [0.2, 0.25) is 10.0 Å². The molecule has 0 amide bonds. The van der Waals surface area contributed by atoms with E-state index >= 15 is 0 Å². The molecule has 2 aromatic carbocycles. The van der Waals surface area contributed by atoms with Gasteiger partial charge in [0.15, 0.2) is 0 Å². The van der Waals surface area contributed by atoms with Crippen molar-refractivity contribution in [3.63, 3.8) is 0 Å². The molecule has 1 spiro atoms. The highest BCUT2D eigenvalue weighted by atomic mass is 32.2. The molecule has 1 N–H and O–H groups in total. The fraction of sp³-hybridized carbons (Fsp3) is 0.238. The molecule has 0 atom stereocenters. The number of nitrogens with one attached hydrogen (secondary N) is 1. The number of hydrogen-bond donors (Lipinski definition) is 1. The summed E-state index contributed by atoms with van der Waals surface area (Å²) in [7, 11) is -3.51. The summed E-state index contributed by atoms with van der Waals surface area (Å²) in [6, 6.07) is 17.3. The number of anilines is 1. The van der Waals surface area contributed by atoms with Crippen molar-refractivity contribution in [2.75, 3.05) is 18.4 Å². The average Bonchev–Trinajstić information content (AvgIpc) is 3.20. The van der Waals surface area contributed by atoms with Gasteiger partial charge < -0.3 is 9.88 Å². The number of rotatable bonds is 2.